The molecule has 0 saturated carbocycles. The molecule has 19 heavy (non-hydrogen) atoms. The highest BCUT2D eigenvalue weighted by atomic mass is 19.1. The summed E-state index contributed by atoms with van der Waals surface area (Å²) in [7, 11) is 0. The summed E-state index contributed by atoms with van der Waals surface area (Å²) in [6.45, 7) is 4.92. The van der Waals surface area contributed by atoms with Gasteiger partial charge in [0.15, 0.2) is 5.82 Å². The van der Waals surface area contributed by atoms with E-state index in [-0.39, 0.29) is 5.52 Å². The fourth-order valence-electron chi connectivity index (χ4n) is 2.11. The number of halogens is 2. The smallest absolute Gasteiger partial charge is 0.152 e. The number of rotatable bonds is 5. The van der Waals surface area contributed by atoms with Crippen LogP contribution in [0.2, 0.25) is 0 Å². The molecule has 1 aromatic heterocycles. The molecular weight excluding hydrogens is 246 g/mol. The summed E-state index contributed by atoms with van der Waals surface area (Å²) in [6.07, 6.45) is 2.77. The molecule has 4 heteroatoms. The number of fused-ring (bicyclic) bond motifs is 1. The average Bonchev–Trinajstić information content (AvgIpc) is 2.37. The van der Waals surface area contributed by atoms with Crippen LogP contribution in [0, 0.1) is 11.6 Å². The van der Waals surface area contributed by atoms with E-state index in [1.807, 2.05) is 6.07 Å². The highest BCUT2D eigenvalue weighted by molar-refractivity contribution is 5.82. The highest BCUT2D eigenvalue weighted by Gasteiger charge is 2.10. The summed E-state index contributed by atoms with van der Waals surface area (Å²) in [4.78, 5) is 4.32. The van der Waals surface area contributed by atoms with Crippen molar-refractivity contribution in [2.24, 2.45) is 0 Å². The van der Waals surface area contributed by atoms with Gasteiger partial charge in [0.25, 0.3) is 0 Å². The van der Waals surface area contributed by atoms with Gasteiger partial charge >= 0.3 is 0 Å². The van der Waals surface area contributed by atoms with E-state index in [0.29, 0.717) is 11.2 Å². The molecule has 0 aliphatic carbocycles. The molecule has 0 aliphatic heterocycles. The van der Waals surface area contributed by atoms with E-state index in [4.69, 9.17) is 0 Å². The Hall–Kier alpha value is -1.71. The molecule has 1 N–H and O–H groups in total. The molecule has 0 spiro atoms. The first kappa shape index (κ1) is 13.7. The molecule has 1 aromatic carbocycles. The number of anilines is 1. The van der Waals surface area contributed by atoms with E-state index in [2.05, 4.69) is 24.1 Å². The van der Waals surface area contributed by atoms with Gasteiger partial charge in [-0.25, -0.2) is 13.8 Å². The third kappa shape index (κ3) is 3.00. The number of pyridine rings is 1. The molecule has 2 aromatic rings. The van der Waals surface area contributed by atoms with E-state index in [1.54, 1.807) is 0 Å². The van der Waals surface area contributed by atoms with Gasteiger partial charge in [-0.3, -0.25) is 0 Å². The molecule has 102 valence electrons. The Kier molecular flexibility index (Phi) is 4.30. The molecule has 0 aliphatic rings. The van der Waals surface area contributed by atoms with Crippen molar-refractivity contribution in [3.05, 3.63) is 35.4 Å². The number of nitrogens with one attached hydrogen (secondary N) is 1. The van der Waals surface area contributed by atoms with Crippen LogP contribution in [0.4, 0.5) is 14.6 Å². The normalized spacial score (nSPS) is 10.9. The second-order valence-electron chi connectivity index (χ2n) is 4.63. The lowest BCUT2D eigenvalue weighted by Crippen LogP contribution is -2.06. The monoisotopic (exact) mass is 264 g/mol. The lowest BCUT2D eigenvalue weighted by molar-refractivity contribution is 0.590. The topological polar surface area (TPSA) is 24.9 Å². The average molecular weight is 264 g/mol. The quantitative estimate of drug-likeness (QED) is 0.871. The maximum atomic E-state index is 13.7. The predicted molar refractivity (Wildman–Crippen MR) is 74.4 cm³/mol. The van der Waals surface area contributed by atoms with E-state index < -0.39 is 11.6 Å². The van der Waals surface area contributed by atoms with Crippen molar-refractivity contribution in [3.63, 3.8) is 0 Å². The summed E-state index contributed by atoms with van der Waals surface area (Å²) in [6, 6.07) is 4.03. The highest BCUT2D eigenvalue weighted by Crippen LogP contribution is 2.24. The number of aromatic nitrogens is 1. The summed E-state index contributed by atoms with van der Waals surface area (Å²) >= 11 is 0. The first-order valence-corrected chi connectivity index (χ1v) is 6.68. The zero-order chi connectivity index (χ0) is 13.8. The van der Waals surface area contributed by atoms with Gasteiger partial charge in [-0.1, -0.05) is 20.3 Å². The van der Waals surface area contributed by atoms with Gasteiger partial charge in [0.1, 0.15) is 17.2 Å². The van der Waals surface area contributed by atoms with Gasteiger partial charge in [0.05, 0.1) is 0 Å². The number of hydrogen-bond acceptors (Lipinski definition) is 2. The minimum atomic E-state index is -0.613. The minimum Gasteiger partial charge on any atom is -0.370 e. The zero-order valence-corrected chi connectivity index (χ0v) is 11.3. The number of hydrogen-bond donors (Lipinski definition) is 1. The third-order valence-corrected chi connectivity index (χ3v) is 2.98. The number of aryl methyl sites for hydroxylation is 1. The van der Waals surface area contributed by atoms with E-state index in [1.165, 1.54) is 6.07 Å². The molecule has 0 radical (unpaired) electrons. The van der Waals surface area contributed by atoms with Gasteiger partial charge in [0.2, 0.25) is 0 Å². The van der Waals surface area contributed by atoms with Gasteiger partial charge < -0.3 is 5.32 Å². The molecule has 0 bridgehead atoms. The molecule has 0 unspecified atom stereocenters. The lowest BCUT2D eigenvalue weighted by atomic mass is 10.1. The first-order valence-electron chi connectivity index (χ1n) is 6.68. The molecule has 0 atom stereocenters. The molecular formula is C15H18F2N2. The van der Waals surface area contributed by atoms with Crippen LogP contribution in [0.1, 0.15) is 32.3 Å². The van der Waals surface area contributed by atoms with Crippen LogP contribution in [-0.4, -0.2) is 11.5 Å². The third-order valence-electron chi connectivity index (χ3n) is 2.98. The summed E-state index contributed by atoms with van der Waals surface area (Å²) in [5.41, 5.74) is 1.23. The van der Waals surface area contributed by atoms with Crippen LogP contribution in [0.5, 0.6) is 0 Å². The fraction of sp³-hybridized carbons (Fsp3) is 0.400. The molecule has 1 heterocycles. The predicted octanol–water partition coefficient (Wildman–Crippen LogP) is 4.29. The van der Waals surface area contributed by atoms with E-state index >= 15 is 0 Å². The Labute approximate surface area is 111 Å². The van der Waals surface area contributed by atoms with Crippen LogP contribution >= 0.6 is 0 Å². The van der Waals surface area contributed by atoms with Crippen LogP contribution < -0.4 is 5.32 Å². The molecule has 0 saturated heterocycles. The van der Waals surface area contributed by atoms with Crippen LogP contribution in [0.15, 0.2) is 18.2 Å². The SMILES string of the molecule is CCCNc1nc2c(F)cc(F)cc2cc1CCC. The van der Waals surface area contributed by atoms with Crippen molar-refractivity contribution >= 4 is 16.7 Å². The van der Waals surface area contributed by atoms with Gasteiger partial charge in [0, 0.05) is 18.0 Å². The van der Waals surface area contributed by atoms with Crippen molar-refractivity contribution in [2.45, 2.75) is 33.1 Å². The number of benzene rings is 1. The Balaban J connectivity index is 2.55. The van der Waals surface area contributed by atoms with Gasteiger partial charge in [-0.2, -0.15) is 0 Å². The standard InChI is InChI=1S/C15H18F2N2/c1-3-5-10-7-11-8-12(16)9-13(17)14(11)19-15(10)18-6-4-2/h7-9H,3-6H2,1-2H3,(H,18,19). The zero-order valence-electron chi connectivity index (χ0n) is 11.3. The largest absolute Gasteiger partial charge is 0.370 e. The van der Waals surface area contributed by atoms with Gasteiger partial charge in [-0.15, -0.1) is 0 Å². The fourth-order valence-corrected chi connectivity index (χ4v) is 2.11. The Bertz CT molecular complexity index is 582. The maximum absolute atomic E-state index is 13.7. The van der Waals surface area contributed by atoms with E-state index in [9.17, 15) is 8.78 Å². The number of nitrogens with zero attached hydrogens (tertiary/aromatic N) is 1. The second-order valence-corrected chi connectivity index (χ2v) is 4.63. The summed E-state index contributed by atoms with van der Waals surface area (Å²) < 4.78 is 27.0. The van der Waals surface area contributed by atoms with E-state index in [0.717, 1.165) is 37.4 Å². The van der Waals surface area contributed by atoms with Crippen LogP contribution in [0.25, 0.3) is 10.9 Å². The van der Waals surface area contributed by atoms with Crippen molar-refractivity contribution in [3.8, 4) is 0 Å². The maximum Gasteiger partial charge on any atom is 0.152 e. The van der Waals surface area contributed by atoms with Crippen LogP contribution in [-0.2, 0) is 6.42 Å². The Morgan fingerprint density at radius 3 is 2.58 bits per heavy atom. The lowest BCUT2D eigenvalue weighted by Gasteiger charge is -2.12. The molecule has 2 nitrogen and oxygen atoms in total. The van der Waals surface area contributed by atoms with Crippen LogP contribution in [0.3, 0.4) is 0 Å². The van der Waals surface area contributed by atoms with Crippen molar-refractivity contribution in [1.29, 1.82) is 0 Å². The van der Waals surface area contributed by atoms with Crippen molar-refractivity contribution in [2.75, 3.05) is 11.9 Å². The molecule has 2 rings (SSSR count). The summed E-state index contributed by atoms with van der Waals surface area (Å²) in [5, 5.41) is 3.73. The summed E-state index contributed by atoms with van der Waals surface area (Å²) in [5.74, 6) is -0.470. The Morgan fingerprint density at radius 2 is 1.89 bits per heavy atom. The minimum absolute atomic E-state index is 0.222. The van der Waals surface area contributed by atoms with Crippen molar-refractivity contribution in [1.82, 2.24) is 4.98 Å². The molecule has 0 fully saturated rings. The second kappa shape index (κ2) is 5.95. The van der Waals surface area contributed by atoms with Gasteiger partial charge in [-0.05, 0) is 30.5 Å². The van der Waals surface area contributed by atoms with Crippen molar-refractivity contribution < 1.29 is 8.78 Å². The molecule has 0 amide bonds. The first-order chi connectivity index (χ1) is 9.15. The Morgan fingerprint density at radius 1 is 1.11 bits per heavy atom.